The van der Waals surface area contributed by atoms with Crippen molar-refractivity contribution in [2.45, 2.75) is 20.0 Å². The first kappa shape index (κ1) is 20.5. The van der Waals surface area contributed by atoms with Crippen LogP contribution in [0.2, 0.25) is 0 Å². The van der Waals surface area contributed by atoms with Crippen LogP contribution in [0.1, 0.15) is 18.1 Å². The monoisotopic (exact) mass is 412 g/mol. The predicted octanol–water partition coefficient (Wildman–Crippen LogP) is 3.75. The van der Waals surface area contributed by atoms with E-state index in [0.717, 1.165) is 11.3 Å². The van der Waals surface area contributed by atoms with Gasteiger partial charge >= 0.3 is 5.97 Å². The summed E-state index contributed by atoms with van der Waals surface area (Å²) in [6.07, 6.45) is 0.703. The quantitative estimate of drug-likeness (QED) is 0.702. The Labute approximate surface area is 172 Å². The lowest BCUT2D eigenvalue weighted by Crippen LogP contribution is -2.23. The zero-order chi connectivity index (χ0) is 21.0. The minimum absolute atomic E-state index is 0.236. The summed E-state index contributed by atoms with van der Waals surface area (Å²) in [4.78, 5) is 28.2. The van der Waals surface area contributed by atoms with Crippen LogP contribution < -0.4 is 14.8 Å². The van der Waals surface area contributed by atoms with E-state index in [4.69, 9.17) is 14.6 Å². The second kappa shape index (κ2) is 8.83. The lowest BCUT2D eigenvalue weighted by Gasteiger charge is -2.14. The van der Waals surface area contributed by atoms with E-state index in [1.54, 1.807) is 24.3 Å². The summed E-state index contributed by atoms with van der Waals surface area (Å²) in [5.74, 6) is -0.614. The Bertz CT molecular complexity index is 999. The van der Waals surface area contributed by atoms with Crippen molar-refractivity contribution >= 4 is 40.6 Å². The van der Waals surface area contributed by atoms with Crippen molar-refractivity contribution in [3.8, 4) is 11.5 Å². The van der Waals surface area contributed by atoms with E-state index in [2.05, 4.69) is 10.3 Å². The second-order valence-electron chi connectivity index (χ2n) is 6.33. The normalized spacial score (nSPS) is 17.3. The number of methoxy groups -OCH3 is 1. The van der Waals surface area contributed by atoms with Crippen molar-refractivity contribution in [2.24, 2.45) is 4.99 Å². The molecule has 1 amide bonds. The largest absolute Gasteiger partial charge is 0.493 e. The van der Waals surface area contributed by atoms with Crippen LogP contribution in [0.15, 0.2) is 52.4 Å². The maximum absolute atomic E-state index is 12.3. The van der Waals surface area contributed by atoms with Crippen molar-refractivity contribution in [2.75, 3.05) is 7.11 Å². The zero-order valence-corrected chi connectivity index (χ0v) is 16.9. The number of nitrogens with one attached hydrogen (secondary N) is 1. The van der Waals surface area contributed by atoms with Gasteiger partial charge in [-0.05, 0) is 61.5 Å². The molecule has 3 rings (SSSR count). The lowest BCUT2D eigenvalue weighted by molar-refractivity contribution is -0.144. The van der Waals surface area contributed by atoms with E-state index in [0.29, 0.717) is 27.1 Å². The van der Waals surface area contributed by atoms with E-state index in [-0.39, 0.29) is 5.91 Å². The maximum Gasteiger partial charge on any atom is 0.344 e. The van der Waals surface area contributed by atoms with Crippen LogP contribution in [0.4, 0.5) is 5.69 Å². The molecule has 1 fully saturated rings. The number of carboxylic acid groups (broad SMARTS) is 1. The Morgan fingerprint density at radius 2 is 1.93 bits per heavy atom. The fourth-order valence-corrected chi connectivity index (χ4v) is 3.32. The number of hydrogen-bond donors (Lipinski definition) is 2. The molecule has 0 radical (unpaired) electrons. The topological polar surface area (TPSA) is 97.2 Å². The smallest absolute Gasteiger partial charge is 0.344 e. The van der Waals surface area contributed by atoms with Crippen LogP contribution in [-0.2, 0) is 9.59 Å². The molecule has 29 heavy (non-hydrogen) atoms. The lowest BCUT2D eigenvalue weighted by atomic mass is 10.2. The van der Waals surface area contributed by atoms with Gasteiger partial charge in [0.25, 0.3) is 5.91 Å². The molecule has 7 nitrogen and oxygen atoms in total. The molecule has 2 N–H and O–H groups in total. The highest BCUT2D eigenvalue weighted by molar-refractivity contribution is 8.18. The average Bonchev–Trinajstić information content (AvgIpc) is 3.03. The molecule has 8 heteroatoms. The van der Waals surface area contributed by atoms with E-state index in [1.807, 2.05) is 31.2 Å². The third-order valence-electron chi connectivity index (χ3n) is 4.05. The number of aliphatic carboxylic acids is 1. The Kier molecular flexibility index (Phi) is 6.23. The van der Waals surface area contributed by atoms with Crippen LogP contribution in [0.3, 0.4) is 0 Å². The summed E-state index contributed by atoms with van der Waals surface area (Å²) in [5.41, 5.74) is 2.61. The summed E-state index contributed by atoms with van der Waals surface area (Å²) < 4.78 is 10.7. The number of aliphatic imine (C=N–C) groups is 1. The number of thioether (sulfide) groups is 1. The number of amides is 1. The van der Waals surface area contributed by atoms with E-state index < -0.39 is 12.1 Å². The molecule has 0 aromatic heterocycles. The van der Waals surface area contributed by atoms with Crippen LogP contribution >= 0.6 is 11.8 Å². The fraction of sp³-hybridized carbons (Fsp3) is 0.190. The van der Waals surface area contributed by atoms with Gasteiger partial charge in [0.2, 0.25) is 0 Å². The van der Waals surface area contributed by atoms with Crippen LogP contribution in [0.5, 0.6) is 11.5 Å². The molecule has 1 aliphatic rings. The number of carboxylic acids is 1. The number of carbonyl (C=O) groups excluding carboxylic acids is 1. The first-order chi connectivity index (χ1) is 13.9. The highest BCUT2D eigenvalue weighted by Crippen LogP contribution is 2.32. The van der Waals surface area contributed by atoms with E-state index in [9.17, 15) is 9.59 Å². The Morgan fingerprint density at radius 1 is 1.21 bits per heavy atom. The molecule has 1 aliphatic heterocycles. The molecule has 0 saturated carbocycles. The minimum Gasteiger partial charge on any atom is -0.493 e. The van der Waals surface area contributed by atoms with Gasteiger partial charge in [-0.1, -0.05) is 23.8 Å². The van der Waals surface area contributed by atoms with Gasteiger partial charge in [-0.3, -0.25) is 4.79 Å². The first-order valence-electron chi connectivity index (χ1n) is 8.79. The number of carbonyl (C=O) groups is 2. The SMILES string of the molecule is COc1cc(/C=C2/SC(=Nc3ccc(C)cc3)NC2=O)ccc1O[C@@H](C)C(=O)O. The number of nitrogens with zero attached hydrogens (tertiary/aromatic N) is 1. The second-order valence-corrected chi connectivity index (χ2v) is 7.36. The first-order valence-corrected chi connectivity index (χ1v) is 9.61. The predicted molar refractivity (Wildman–Crippen MR) is 113 cm³/mol. The van der Waals surface area contributed by atoms with Crippen molar-refractivity contribution in [3.05, 3.63) is 58.5 Å². The Morgan fingerprint density at radius 3 is 2.59 bits per heavy atom. The molecule has 0 spiro atoms. The maximum atomic E-state index is 12.3. The van der Waals surface area contributed by atoms with Crippen molar-refractivity contribution < 1.29 is 24.2 Å². The highest BCUT2D eigenvalue weighted by Gasteiger charge is 2.24. The molecule has 1 atom stereocenters. The molecule has 0 unspecified atom stereocenters. The van der Waals surface area contributed by atoms with E-state index in [1.165, 1.54) is 25.8 Å². The highest BCUT2D eigenvalue weighted by atomic mass is 32.2. The summed E-state index contributed by atoms with van der Waals surface area (Å²) in [5, 5.41) is 12.2. The van der Waals surface area contributed by atoms with Crippen molar-refractivity contribution in [1.29, 1.82) is 0 Å². The van der Waals surface area contributed by atoms with Crippen LogP contribution in [0, 0.1) is 6.92 Å². The molecule has 0 aliphatic carbocycles. The average molecular weight is 412 g/mol. The standard InChI is InChI=1S/C21H20N2O5S/c1-12-4-7-15(8-5-12)22-21-23-19(24)18(29-21)11-14-6-9-16(17(10-14)27-3)28-13(2)20(25)26/h4-11,13H,1-3H3,(H,25,26)(H,22,23,24)/b18-11+/t13-/m0/s1. The van der Waals surface area contributed by atoms with Crippen molar-refractivity contribution in [3.63, 3.8) is 0 Å². The third-order valence-corrected chi connectivity index (χ3v) is 4.96. The number of hydrogen-bond acceptors (Lipinski definition) is 6. The third kappa shape index (κ3) is 5.17. The Balaban J connectivity index is 1.79. The van der Waals surface area contributed by atoms with Gasteiger partial charge in [0.15, 0.2) is 22.8 Å². The summed E-state index contributed by atoms with van der Waals surface area (Å²) in [6.45, 7) is 3.43. The Hall–Kier alpha value is -3.26. The molecular weight excluding hydrogens is 392 g/mol. The zero-order valence-electron chi connectivity index (χ0n) is 16.1. The molecule has 2 aromatic carbocycles. The van der Waals surface area contributed by atoms with Crippen LogP contribution in [-0.4, -0.2) is 35.4 Å². The van der Waals surface area contributed by atoms with Gasteiger partial charge in [-0.25, -0.2) is 9.79 Å². The van der Waals surface area contributed by atoms with Gasteiger partial charge in [0.1, 0.15) is 0 Å². The molecule has 0 bridgehead atoms. The molecule has 1 saturated heterocycles. The van der Waals surface area contributed by atoms with Gasteiger partial charge in [0.05, 0.1) is 17.7 Å². The van der Waals surface area contributed by atoms with Gasteiger partial charge in [-0.2, -0.15) is 0 Å². The molecule has 2 aromatic rings. The summed E-state index contributed by atoms with van der Waals surface area (Å²) in [6, 6.07) is 12.7. The summed E-state index contributed by atoms with van der Waals surface area (Å²) in [7, 11) is 1.47. The number of ether oxygens (including phenoxy) is 2. The number of aryl methyl sites for hydroxylation is 1. The molecule has 1 heterocycles. The van der Waals surface area contributed by atoms with Crippen LogP contribution in [0.25, 0.3) is 6.08 Å². The number of benzene rings is 2. The van der Waals surface area contributed by atoms with E-state index >= 15 is 0 Å². The number of rotatable bonds is 6. The summed E-state index contributed by atoms with van der Waals surface area (Å²) >= 11 is 1.25. The van der Waals surface area contributed by atoms with Gasteiger partial charge in [-0.15, -0.1) is 0 Å². The fourth-order valence-electron chi connectivity index (χ4n) is 2.48. The van der Waals surface area contributed by atoms with Gasteiger partial charge in [0, 0.05) is 0 Å². The molecular formula is C21H20N2O5S. The van der Waals surface area contributed by atoms with Gasteiger partial charge < -0.3 is 19.9 Å². The van der Waals surface area contributed by atoms with Crippen molar-refractivity contribution in [1.82, 2.24) is 5.32 Å². The molecule has 150 valence electrons. The number of amidine groups is 1. The minimum atomic E-state index is -1.07.